The van der Waals surface area contributed by atoms with E-state index in [9.17, 15) is 13.2 Å². The molecule has 12 heavy (non-hydrogen) atoms. The van der Waals surface area contributed by atoms with Crippen LogP contribution in [0.3, 0.4) is 0 Å². The van der Waals surface area contributed by atoms with Crippen LogP contribution in [-0.4, -0.2) is 0 Å². The van der Waals surface area contributed by atoms with Gasteiger partial charge < -0.3 is 0 Å². The summed E-state index contributed by atoms with van der Waals surface area (Å²) in [4.78, 5) is -3.31. The van der Waals surface area contributed by atoms with Crippen LogP contribution in [0, 0.1) is 5.82 Å². The van der Waals surface area contributed by atoms with Gasteiger partial charge in [-0.3, -0.25) is 0 Å². The highest BCUT2D eigenvalue weighted by molar-refractivity contribution is 9.10. The fourth-order valence-electron chi connectivity index (χ4n) is 0.719. The molecule has 5 heteroatoms. The lowest BCUT2D eigenvalue weighted by Gasteiger charge is -2.09. The molecular weight excluding hydrogens is 301 g/mol. The maximum absolute atomic E-state index is 12.8. The van der Waals surface area contributed by atoms with Crippen LogP contribution >= 0.6 is 31.9 Å². The molecule has 0 amide bonds. The average Bonchev–Trinajstić information content (AvgIpc) is 1.83. The maximum atomic E-state index is 12.8. The molecule has 0 nitrogen and oxygen atoms in total. The van der Waals surface area contributed by atoms with Crippen LogP contribution in [0.15, 0.2) is 22.7 Å². The van der Waals surface area contributed by atoms with Crippen LogP contribution in [0.4, 0.5) is 13.2 Å². The molecule has 1 rings (SSSR count). The fourth-order valence-corrected chi connectivity index (χ4v) is 1.37. The third-order valence-electron chi connectivity index (χ3n) is 1.24. The van der Waals surface area contributed by atoms with Crippen molar-refractivity contribution in [2.75, 3.05) is 0 Å². The van der Waals surface area contributed by atoms with Crippen molar-refractivity contribution >= 4 is 31.9 Å². The zero-order valence-corrected chi connectivity index (χ0v) is 8.79. The van der Waals surface area contributed by atoms with E-state index < -0.39 is 16.2 Å². The lowest BCUT2D eigenvalue weighted by Crippen LogP contribution is -2.05. The molecule has 0 atom stereocenters. The minimum Gasteiger partial charge on any atom is -0.206 e. The molecular formula is C7H3Br2F3. The average molecular weight is 304 g/mol. The third-order valence-corrected chi connectivity index (χ3v) is 2.16. The van der Waals surface area contributed by atoms with Gasteiger partial charge in [-0.25, -0.2) is 4.39 Å². The van der Waals surface area contributed by atoms with Crippen LogP contribution in [0.25, 0.3) is 0 Å². The lowest BCUT2D eigenvalue weighted by atomic mass is 10.2. The molecule has 0 aliphatic rings. The summed E-state index contributed by atoms with van der Waals surface area (Å²) >= 11 is 5.04. The van der Waals surface area contributed by atoms with Crippen molar-refractivity contribution < 1.29 is 13.2 Å². The van der Waals surface area contributed by atoms with E-state index in [4.69, 9.17) is 0 Å². The molecule has 1 aromatic carbocycles. The molecule has 0 unspecified atom stereocenters. The van der Waals surface area contributed by atoms with Gasteiger partial charge in [0, 0.05) is 4.47 Å². The van der Waals surface area contributed by atoms with E-state index in [0.717, 1.165) is 12.1 Å². The molecule has 0 radical (unpaired) electrons. The SMILES string of the molecule is Fc1cc(Br)ccc1C(F)(F)Br. The molecule has 0 aromatic heterocycles. The predicted molar refractivity (Wildman–Crippen MR) is 46.9 cm³/mol. The Bertz CT molecular complexity index is 293. The van der Waals surface area contributed by atoms with Crippen molar-refractivity contribution in [2.24, 2.45) is 0 Å². The number of halogens is 5. The van der Waals surface area contributed by atoms with Gasteiger partial charge in [0.25, 0.3) is 0 Å². The summed E-state index contributed by atoms with van der Waals surface area (Å²) < 4.78 is 38.3. The van der Waals surface area contributed by atoms with Crippen molar-refractivity contribution in [3.63, 3.8) is 0 Å². The molecule has 0 fully saturated rings. The van der Waals surface area contributed by atoms with Crippen molar-refractivity contribution in [1.82, 2.24) is 0 Å². The standard InChI is InChI=1S/C7H3Br2F3/c8-4-1-2-5(6(10)3-4)7(9,11)12/h1-3H. The Kier molecular flexibility index (Phi) is 2.83. The summed E-state index contributed by atoms with van der Waals surface area (Å²) in [5.74, 6) is -0.939. The van der Waals surface area contributed by atoms with Gasteiger partial charge in [-0.15, -0.1) is 0 Å². The van der Waals surface area contributed by atoms with E-state index in [2.05, 4.69) is 31.9 Å². The first kappa shape index (κ1) is 10.1. The van der Waals surface area contributed by atoms with Crippen molar-refractivity contribution in [3.8, 4) is 0 Å². The summed E-state index contributed by atoms with van der Waals surface area (Å²) in [7, 11) is 0. The molecule has 0 heterocycles. The second-order valence-electron chi connectivity index (χ2n) is 2.12. The van der Waals surface area contributed by atoms with Crippen LogP contribution in [0.2, 0.25) is 0 Å². The van der Waals surface area contributed by atoms with Gasteiger partial charge in [0.1, 0.15) is 5.82 Å². The molecule has 0 saturated heterocycles. The number of benzene rings is 1. The van der Waals surface area contributed by atoms with Crippen LogP contribution in [0.1, 0.15) is 5.56 Å². The van der Waals surface area contributed by atoms with Crippen molar-refractivity contribution in [1.29, 1.82) is 0 Å². The number of hydrogen-bond donors (Lipinski definition) is 0. The van der Waals surface area contributed by atoms with Gasteiger partial charge in [0.05, 0.1) is 5.56 Å². The third kappa shape index (κ3) is 2.23. The van der Waals surface area contributed by atoms with Gasteiger partial charge in [-0.1, -0.05) is 15.9 Å². The minimum absolute atomic E-state index is 0.431. The zero-order valence-electron chi connectivity index (χ0n) is 5.62. The summed E-state index contributed by atoms with van der Waals surface area (Å²) in [6, 6.07) is 3.37. The van der Waals surface area contributed by atoms with E-state index in [1.165, 1.54) is 6.07 Å². The Morgan fingerprint density at radius 1 is 1.25 bits per heavy atom. The van der Waals surface area contributed by atoms with Crippen LogP contribution in [-0.2, 0) is 4.83 Å². The Balaban J connectivity index is 3.19. The Morgan fingerprint density at radius 3 is 2.25 bits per heavy atom. The number of rotatable bonds is 1. The van der Waals surface area contributed by atoms with Crippen LogP contribution in [0.5, 0.6) is 0 Å². The summed E-state index contributed by atoms with van der Waals surface area (Å²) in [5, 5.41) is 0. The van der Waals surface area contributed by atoms with Gasteiger partial charge >= 0.3 is 4.83 Å². The first-order valence-corrected chi connectivity index (χ1v) is 4.52. The highest BCUT2D eigenvalue weighted by atomic mass is 79.9. The predicted octanol–water partition coefficient (Wildman–Crippen LogP) is 4.03. The highest BCUT2D eigenvalue weighted by Gasteiger charge is 2.30. The smallest absolute Gasteiger partial charge is 0.206 e. The van der Waals surface area contributed by atoms with E-state index in [1.54, 1.807) is 0 Å². The lowest BCUT2D eigenvalue weighted by molar-refractivity contribution is 0.110. The molecule has 66 valence electrons. The number of hydrogen-bond acceptors (Lipinski definition) is 0. The van der Waals surface area contributed by atoms with Crippen molar-refractivity contribution in [2.45, 2.75) is 4.83 Å². The second-order valence-corrected chi connectivity index (χ2v) is 4.03. The molecule has 0 spiro atoms. The van der Waals surface area contributed by atoms with Gasteiger partial charge in [-0.05, 0) is 34.1 Å². The second kappa shape index (κ2) is 3.38. The van der Waals surface area contributed by atoms with Crippen LogP contribution < -0.4 is 0 Å². The Labute approximate surface area is 84.0 Å². The largest absolute Gasteiger partial charge is 0.329 e. The van der Waals surface area contributed by atoms with E-state index >= 15 is 0 Å². The molecule has 0 saturated carbocycles. The molecule has 0 aliphatic carbocycles. The highest BCUT2D eigenvalue weighted by Crippen LogP contribution is 2.36. The van der Waals surface area contributed by atoms with Gasteiger partial charge in [0.2, 0.25) is 0 Å². The van der Waals surface area contributed by atoms with E-state index in [-0.39, 0.29) is 0 Å². The van der Waals surface area contributed by atoms with Gasteiger partial charge in [0.15, 0.2) is 0 Å². The Morgan fingerprint density at radius 2 is 1.83 bits per heavy atom. The normalized spacial score (nSPS) is 11.8. The van der Waals surface area contributed by atoms with Crippen molar-refractivity contribution in [3.05, 3.63) is 34.1 Å². The first-order valence-electron chi connectivity index (χ1n) is 2.93. The first-order chi connectivity index (χ1) is 5.41. The summed E-state index contributed by atoms with van der Waals surface area (Å²) in [6.45, 7) is 0. The van der Waals surface area contributed by atoms with Gasteiger partial charge in [-0.2, -0.15) is 8.78 Å². The summed E-state index contributed by atoms with van der Waals surface area (Å²) in [6.07, 6.45) is 0. The molecule has 0 N–H and O–H groups in total. The molecule has 0 bridgehead atoms. The summed E-state index contributed by atoms with van der Waals surface area (Å²) in [5.41, 5.74) is -0.661. The topological polar surface area (TPSA) is 0 Å². The fraction of sp³-hybridized carbons (Fsp3) is 0.143. The monoisotopic (exact) mass is 302 g/mol. The quantitative estimate of drug-likeness (QED) is 0.687. The number of alkyl halides is 3. The molecule has 1 aromatic rings. The van der Waals surface area contributed by atoms with E-state index in [0.29, 0.717) is 4.47 Å². The minimum atomic E-state index is -3.31. The zero-order chi connectivity index (χ0) is 9.35. The maximum Gasteiger partial charge on any atom is 0.329 e. The van der Waals surface area contributed by atoms with E-state index in [1.807, 2.05) is 0 Å². The molecule has 0 aliphatic heterocycles. The Hall–Kier alpha value is -0.0300.